The van der Waals surface area contributed by atoms with Gasteiger partial charge in [0.25, 0.3) is 0 Å². The summed E-state index contributed by atoms with van der Waals surface area (Å²) in [5, 5.41) is 12.8. The van der Waals surface area contributed by atoms with E-state index in [-0.39, 0.29) is 13.2 Å². The SMILES string of the molecule is O=C(Oc1ccccc1)N1CN(Cc2ccc(Cl)nc2)CC1(c1ccccc1)[N+](=O)[O-]. The van der Waals surface area contributed by atoms with Gasteiger partial charge in [0.2, 0.25) is 0 Å². The third-order valence-electron chi connectivity index (χ3n) is 5.13. The van der Waals surface area contributed by atoms with Gasteiger partial charge in [0, 0.05) is 12.7 Å². The van der Waals surface area contributed by atoms with E-state index in [0.29, 0.717) is 23.0 Å². The van der Waals surface area contributed by atoms with E-state index in [0.717, 1.165) is 5.56 Å². The van der Waals surface area contributed by atoms with Gasteiger partial charge in [-0.25, -0.2) is 14.7 Å². The number of nitro groups is 1. The smallest absolute Gasteiger partial charge is 0.410 e. The number of hydrogen-bond acceptors (Lipinski definition) is 6. The van der Waals surface area contributed by atoms with Crippen LogP contribution in [0.2, 0.25) is 5.15 Å². The van der Waals surface area contributed by atoms with E-state index in [1.165, 1.54) is 4.90 Å². The van der Waals surface area contributed by atoms with Crippen molar-refractivity contribution < 1.29 is 14.5 Å². The Hall–Kier alpha value is -3.49. The predicted molar refractivity (Wildman–Crippen MR) is 114 cm³/mol. The van der Waals surface area contributed by atoms with Crippen molar-refractivity contribution in [2.45, 2.75) is 12.2 Å². The summed E-state index contributed by atoms with van der Waals surface area (Å²) in [5.74, 6) is 0.318. The van der Waals surface area contributed by atoms with Crippen molar-refractivity contribution in [1.29, 1.82) is 0 Å². The van der Waals surface area contributed by atoms with E-state index in [1.54, 1.807) is 79.0 Å². The third-order valence-corrected chi connectivity index (χ3v) is 5.36. The van der Waals surface area contributed by atoms with E-state index in [4.69, 9.17) is 16.3 Å². The molecule has 2 heterocycles. The molecule has 4 rings (SSSR count). The molecule has 0 N–H and O–H groups in total. The van der Waals surface area contributed by atoms with Crippen molar-refractivity contribution in [3.8, 4) is 5.75 Å². The van der Waals surface area contributed by atoms with Crippen LogP contribution in [0.1, 0.15) is 11.1 Å². The molecule has 0 bridgehead atoms. The van der Waals surface area contributed by atoms with Gasteiger partial charge < -0.3 is 4.74 Å². The van der Waals surface area contributed by atoms with Gasteiger partial charge >= 0.3 is 11.8 Å². The van der Waals surface area contributed by atoms with Crippen molar-refractivity contribution >= 4 is 17.7 Å². The molecule has 8 nitrogen and oxygen atoms in total. The van der Waals surface area contributed by atoms with Gasteiger partial charge in [0.05, 0.1) is 23.7 Å². The molecule has 1 aliphatic rings. The monoisotopic (exact) mass is 438 g/mol. The molecule has 0 aliphatic carbocycles. The maximum Gasteiger partial charge on any atom is 0.422 e. The Balaban J connectivity index is 1.68. The molecule has 1 atom stereocenters. The molecule has 1 fully saturated rings. The lowest BCUT2D eigenvalue weighted by atomic mass is 9.99. The van der Waals surface area contributed by atoms with Gasteiger partial charge in [-0.2, -0.15) is 0 Å². The average molecular weight is 439 g/mol. The molecule has 9 heteroatoms. The van der Waals surface area contributed by atoms with Crippen LogP contribution in [0, 0.1) is 10.1 Å². The van der Waals surface area contributed by atoms with Crippen LogP contribution in [0.25, 0.3) is 0 Å². The second-order valence-corrected chi connectivity index (χ2v) is 7.55. The van der Waals surface area contributed by atoms with Crippen LogP contribution in [0.5, 0.6) is 5.75 Å². The standard InChI is InChI=1S/C22H19ClN4O4/c23-20-12-11-17(13-24-20)14-25-15-22(27(29)30,18-7-3-1-4-8-18)26(16-25)21(28)31-19-9-5-2-6-10-19/h1-13H,14-16H2. The predicted octanol–water partition coefficient (Wildman–Crippen LogP) is 4.14. The number of amides is 1. The lowest BCUT2D eigenvalue weighted by molar-refractivity contribution is -0.599. The van der Waals surface area contributed by atoms with E-state index in [2.05, 4.69) is 4.98 Å². The number of halogens is 1. The van der Waals surface area contributed by atoms with Crippen molar-refractivity contribution in [2.24, 2.45) is 0 Å². The van der Waals surface area contributed by atoms with Crippen LogP contribution >= 0.6 is 11.6 Å². The Morgan fingerprint density at radius 1 is 1.10 bits per heavy atom. The van der Waals surface area contributed by atoms with Gasteiger partial charge in [0.1, 0.15) is 10.9 Å². The molecule has 1 saturated heterocycles. The second-order valence-electron chi connectivity index (χ2n) is 7.17. The van der Waals surface area contributed by atoms with Gasteiger partial charge in [-0.15, -0.1) is 0 Å². The molecule has 31 heavy (non-hydrogen) atoms. The summed E-state index contributed by atoms with van der Waals surface area (Å²) in [6.07, 6.45) is 0.826. The topological polar surface area (TPSA) is 88.8 Å². The molecule has 0 spiro atoms. The molecule has 0 saturated carbocycles. The molecule has 3 aromatic rings. The normalized spacial score (nSPS) is 18.7. The van der Waals surface area contributed by atoms with Crippen molar-refractivity contribution in [1.82, 2.24) is 14.8 Å². The van der Waals surface area contributed by atoms with E-state index < -0.39 is 16.7 Å². The van der Waals surface area contributed by atoms with Crippen LogP contribution in [-0.2, 0) is 12.2 Å². The Kier molecular flexibility index (Phi) is 5.83. The second kappa shape index (κ2) is 8.71. The first-order valence-electron chi connectivity index (χ1n) is 9.56. The van der Waals surface area contributed by atoms with Crippen LogP contribution in [0.15, 0.2) is 79.0 Å². The van der Waals surface area contributed by atoms with Gasteiger partial charge in [-0.1, -0.05) is 54.1 Å². The zero-order valence-corrected chi connectivity index (χ0v) is 17.2. The first-order valence-corrected chi connectivity index (χ1v) is 9.94. The first kappa shape index (κ1) is 20.8. The van der Waals surface area contributed by atoms with Crippen LogP contribution in [0.4, 0.5) is 4.79 Å². The minimum atomic E-state index is -1.78. The van der Waals surface area contributed by atoms with Gasteiger partial charge in [-0.3, -0.25) is 15.0 Å². The molecule has 1 amide bonds. The fourth-order valence-corrected chi connectivity index (χ4v) is 3.81. The zero-order valence-electron chi connectivity index (χ0n) is 16.4. The Morgan fingerprint density at radius 3 is 2.39 bits per heavy atom. The highest BCUT2D eigenvalue weighted by Gasteiger charge is 2.59. The number of carbonyl (C=O) groups excluding carboxylic acids is 1. The maximum absolute atomic E-state index is 13.1. The summed E-state index contributed by atoms with van der Waals surface area (Å²) in [7, 11) is 0. The summed E-state index contributed by atoms with van der Waals surface area (Å²) >= 11 is 5.85. The summed E-state index contributed by atoms with van der Waals surface area (Å²) in [6.45, 7) is 0.377. The number of ether oxygens (including phenoxy) is 1. The van der Waals surface area contributed by atoms with Crippen LogP contribution < -0.4 is 4.74 Å². The lowest BCUT2D eigenvalue weighted by Crippen LogP contribution is -2.53. The number of para-hydroxylation sites is 1. The number of hydrogen-bond donors (Lipinski definition) is 0. The zero-order chi connectivity index (χ0) is 21.8. The van der Waals surface area contributed by atoms with E-state index in [1.807, 2.05) is 4.90 Å². The van der Waals surface area contributed by atoms with Crippen molar-refractivity contribution in [3.05, 3.63) is 105 Å². The molecule has 0 radical (unpaired) electrons. The number of nitrogens with zero attached hydrogens (tertiary/aromatic N) is 4. The number of aromatic nitrogens is 1. The van der Waals surface area contributed by atoms with Gasteiger partial charge in [-0.05, 0) is 35.9 Å². The van der Waals surface area contributed by atoms with Crippen LogP contribution in [-0.4, -0.2) is 39.0 Å². The Morgan fingerprint density at radius 2 is 1.77 bits per heavy atom. The quantitative estimate of drug-likeness (QED) is 0.338. The first-order chi connectivity index (χ1) is 15.0. The maximum atomic E-state index is 13.1. The largest absolute Gasteiger partial charge is 0.422 e. The molecule has 1 aliphatic heterocycles. The molecular formula is C22H19ClN4O4. The highest BCUT2D eigenvalue weighted by Crippen LogP contribution is 2.37. The van der Waals surface area contributed by atoms with Crippen molar-refractivity contribution in [3.63, 3.8) is 0 Å². The Labute approximate surface area is 183 Å². The number of benzene rings is 2. The number of rotatable bonds is 5. The van der Waals surface area contributed by atoms with Gasteiger partial charge in [0.15, 0.2) is 0 Å². The average Bonchev–Trinajstić information content (AvgIpc) is 3.17. The summed E-state index contributed by atoms with van der Waals surface area (Å²) in [6, 6.07) is 20.5. The number of pyridine rings is 1. The summed E-state index contributed by atoms with van der Waals surface area (Å²) in [4.78, 5) is 32.1. The van der Waals surface area contributed by atoms with Crippen molar-refractivity contribution in [2.75, 3.05) is 13.2 Å². The summed E-state index contributed by atoms with van der Waals surface area (Å²) < 4.78 is 5.47. The lowest BCUT2D eigenvalue weighted by Gasteiger charge is -2.28. The van der Waals surface area contributed by atoms with E-state index in [9.17, 15) is 14.9 Å². The molecule has 2 aromatic carbocycles. The third kappa shape index (κ3) is 4.21. The Bertz CT molecular complexity index is 1070. The fraction of sp³-hybridized carbons (Fsp3) is 0.182. The van der Waals surface area contributed by atoms with Crippen LogP contribution in [0.3, 0.4) is 0 Å². The summed E-state index contributed by atoms with van der Waals surface area (Å²) in [5.41, 5.74) is -0.554. The van der Waals surface area contributed by atoms with E-state index >= 15 is 0 Å². The molecule has 1 unspecified atom stereocenters. The fourth-order valence-electron chi connectivity index (χ4n) is 3.70. The highest BCUT2D eigenvalue weighted by molar-refractivity contribution is 6.29. The molecule has 158 valence electrons. The highest BCUT2D eigenvalue weighted by atomic mass is 35.5. The minimum Gasteiger partial charge on any atom is -0.410 e. The minimum absolute atomic E-state index is 0.00344. The number of carbonyl (C=O) groups is 1. The molecule has 1 aromatic heterocycles. The molecular weight excluding hydrogens is 420 g/mol.